The van der Waals surface area contributed by atoms with Gasteiger partial charge in [-0.25, -0.2) is 4.99 Å². The molecule has 0 spiro atoms. The molecule has 1 rings (SSSR count). The standard InChI is InChI=1S/C13H26N6O.HI/c1-4-14-13(15-8-6-7-9-20-5-2)16-10-12-18-17-11-19(12)3;/h11H,4-10H2,1-3H3,(H2,14,15,16);1H. The molecule has 1 aromatic rings. The Morgan fingerprint density at radius 1 is 1.33 bits per heavy atom. The first-order valence-corrected chi connectivity index (χ1v) is 7.20. The molecular formula is C13H27IN6O. The maximum atomic E-state index is 5.31. The summed E-state index contributed by atoms with van der Waals surface area (Å²) in [5.41, 5.74) is 0. The molecule has 0 amide bonds. The fourth-order valence-electron chi connectivity index (χ4n) is 1.62. The van der Waals surface area contributed by atoms with Crippen LogP contribution < -0.4 is 10.6 Å². The molecule has 1 heterocycles. The molecule has 8 heteroatoms. The van der Waals surface area contributed by atoms with Gasteiger partial charge in [0.25, 0.3) is 0 Å². The molecular weight excluding hydrogens is 383 g/mol. The molecule has 0 atom stereocenters. The first kappa shape index (κ1) is 20.1. The highest BCUT2D eigenvalue weighted by atomic mass is 127. The molecule has 0 unspecified atom stereocenters. The number of guanidine groups is 1. The number of unbranched alkanes of at least 4 members (excludes halogenated alkanes) is 1. The minimum atomic E-state index is 0. The quantitative estimate of drug-likeness (QED) is 0.278. The van der Waals surface area contributed by atoms with Gasteiger partial charge in [-0.1, -0.05) is 0 Å². The summed E-state index contributed by atoms with van der Waals surface area (Å²) in [6, 6.07) is 0. The lowest BCUT2D eigenvalue weighted by molar-refractivity contribution is 0.143. The summed E-state index contributed by atoms with van der Waals surface area (Å²) in [5.74, 6) is 1.66. The lowest BCUT2D eigenvalue weighted by atomic mass is 10.3. The van der Waals surface area contributed by atoms with Gasteiger partial charge < -0.3 is 19.9 Å². The number of aromatic nitrogens is 3. The molecule has 0 saturated heterocycles. The predicted octanol–water partition coefficient (Wildman–Crippen LogP) is 1.30. The van der Waals surface area contributed by atoms with Crippen LogP contribution in [-0.2, 0) is 18.3 Å². The van der Waals surface area contributed by atoms with Gasteiger partial charge >= 0.3 is 0 Å². The van der Waals surface area contributed by atoms with E-state index in [1.165, 1.54) is 0 Å². The van der Waals surface area contributed by atoms with Crippen molar-refractivity contribution in [3.8, 4) is 0 Å². The Labute approximate surface area is 144 Å². The number of nitrogens with one attached hydrogen (secondary N) is 2. The maximum absolute atomic E-state index is 5.31. The van der Waals surface area contributed by atoms with Crippen molar-refractivity contribution in [1.82, 2.24) is 25.4 Å². The Morgan fingerprint density at radius 2 is 2.14 bits per heavy atom. The molecule has 0 saturated carbocycles. The van der Waals surface area contributed by atoms with Crippen molar-refractivity contribution in [3.05, 3.63) is 12.2 Å². The van der Waals surface area contributed by atoms with Crippen LogP contribution in [0.1, 0.15) is 32.5 Å². The summed E-state index contributed by atoms with van der Waals surface area (Å²) in [6.45, 7) is 7.92. The Morgan fingerprint density at radius 3 is 2.76 bits per heavy atom. The van der Waals surface area contributed by atoms with Gasteiger partial charge in [-0.15, -0.1) is 34.2 Å². The third-order valence-electron chi connectivity index (χ3n) is 2.74. The number of aliphatic imine (C=N–C) groups is 1. The molecule has 0 bridgehead atoms. The number of ether oxygens (including phenoxy) is 1. The minimum Gasteiger partial charge on any atom is -0.382 e. The zero-order chi connectivity index (χ0) is 14.6. The Hall–Kier alpha value is -0.900. The molecule has 0 aromatic carbocycles. The summed E-state index contributed by atoms with van der Waals surface area (Å²) in [4.78, 5) is 4.49. The number of hydrogen-bond acceptors (Lipinski definition) is 4. The van der Waals surface area contributed by atoms with Gasteiger partial charge in [0.2, 0.25) is 0 Å². The van der Waals surface area contributed by atoms with Crippen molar-refractivity contribution < 1.29 is 4.74 Å². The van der Waals surface area contributed by atoms with Gasteiger partial charge in [0.05, 0.1) is 0 Å². The van der Waals surface area contributed by atoms with Gasteiger partial charge in [-0.05, 0) is 26.7 Å². The van der Waals surface area contributed by atoms with Crippen molar-refractivity contribution in [3.63, 3.8) is 0 Å². The summed E-state index contributed by atoms with van der Waals surface area (Å²) in [5, 5.41) is 14.4. The fourth-order valence-corrected chi connectivity index (χ4v) is 1.62. The molecule has 0 fully saturated rings. The topological polar surface area (TPSA) is 76.4 Å². The van der Waals surface area contributed by atoms with E-state index >= 15 is 0 Å². The van der Waals surface area contributed by atoms with Gasteiger partial charge in [0, 0.05) is 33.4 Å². The zero-order valence-electron chi connectivity index (χ0n) is 13.1. The van der Waals surface area contributed by atoms with E-state index in [0.717, 1.165) is 50.9 Å². The lowest BCUT2D eigenvalue weighted by Crippen LogP contribution is -2.37. The van der Waals surface area contributed by atoms with Crippen LogP contribution >= 0.6 is 24.0 Å². The van der Waals surface area contributed by atoms with Crippen LogP contribution in [0.3, 0.4) is 0 Å². The van der Waals surface area contributed by atoms with Crippen LogP contribution in [0.4, 0.5) is 0 Å². The summed E-state index contributed by atoms with van der Waals surface area (Å²) in [6.07, 6.45) is 3.80. The van der Waals surface area contributed by atoms with E-state index in [-0.39, 0.29) is 24.0 Å². The predicted molar refractivity (Wildman–Crippen MR) is 95.0 cm³/mol. The van der Waals surface area contributed by atoms with Crippen molar-refractivity contribution in [1.29, 1.82) is 0 Å². The Balaban J connectivity index is 0.00000400. The van der Waals surface area contributed by atoms with Crippen LogP contribution in [-0.4, -0.2) is 47.0 Å². The number of nitrogens with zero attached hydrogens (tertiary/aromatic N) is 4. The largest absolute Gasteiger partial charge is 0.382 e. The average Bonchev–Trinajstić information content (AvgIpc) is 2.85. The first-order chi connectivity index (χ1) is 9.77. The smallest absolute Gasteiger partial charge is 0.191 e. The Kier molecular flexibility index (Phi) is 12.3. The fraction of sp³-hybridized carbons (Fsp3) is 0.769. The molecule has 7 nitrogen and oxygen atoms in total. The second-order valence-corrected chi connectivity index (χ2v) is 4.38. The second-order valence-electron chi connectivity index (χ2n) is 4.38. The number of hydrogen-bond donors (Lipinski definition) is 2. The normalized spacial score (nSPS) is 11.1. The third-order valence-corrected chi connectivity index (χ3v) is 2.74. The van der Waals surface area contributed by atoms with Crippen LogP contribution in [0.15, 0.2) is 11.3 Å². The van der Waals surface area contributed by atoms with E-state index in [1.54, 1.807) is 6.33 Å². The van der Waals surface area contributed by atoms with E-state index in [4.69, 9.17) is 4.74 Å². The Bertz CT molecular complexity index is 396. The SMILES string of the molecule is CCNC(=NCc1nncn1C)NCCCCOCC.I. The van der Waals surface area contributed by atoms with Crippen molar-refractivity contribution in [2.45, 2.75) is 33.2 Å². The highest BCUT2D eigenvalue weighted by Crippen LogP contribution is 1.94. The molecule has 1 aromatic heterocycles. The minimum absolute atomic E-state index is 0. The van der Waals surface area contributed by atoms with E-state index in [1.807, 2.05) is 18.5 Å². The van der Waals surface area contributed by atoms with E-state index in [9.17, 15) is 0 Å². The molecule has 21 heavy (non-hydrogen) atoms. The van der Waals surface area contributed by atoms with Gasteiger partial charge in [0.15, 0.2) is 11.8 Å². The van der Waals surface area contributed by atoms with Gasteiger partial charge in [-0.2, -0.15) is 0 Å². The van der Waals surface area contributed by atoms with E-state index in [2.05, 4.69) is 32.7 Å². The highest BCUT2D eigenvalue weighted by molar-refractivity contribution is 14.0. The number of halogens is 1. The third kappa shape index (κ3) is 8.86. The maximum Gasteiger partial charge on any atom is 0.191 e. The molecule has 0 aliphatic carbocycles. The molecule has 2 N–H and O–H groups in total. The molecule has 0 aliphatic rings. The summed E-state index contributed by atoms with van der Waals surface area (Å²) in [7, 11) is 1.92. The van der Waals surface area contributed by atoms with Crippen molar-refractivity contribution in [2.24, 2.45) is 12.0 Å². The second kappa shape index (κ2) is 12.8. The van der Waals surface area contributed by atoms with E-state index in [0.29, 0.717) is 6.54 Å². The van der Waals surface area contributed by atoms with Crippen LogP contribution in [0.25, 0.3) is 0 Å². The van der Waals surface area contributed by atoms with E-state index < -0.39 is 0 Å². The van der Waals surface area contributed by atoms with Crippen LogP contribution in [0, 0.1) is 0 Å². The molecule has 0 radical (unpaired) electrons. The van der Waals surface area contributed by atoms with Crippen molar-refractivity contribution >= 4 is 29.9 Å². The van der Waals surface area contributed by atoms with Crippen molar-refractivity contribution in [2.75, 3.05) is 26.3 Å². The van der Waals surface area contributed by atoms with Crippen LogP contribution in [0.5, 0.6) is 0 Å². The van der Waals surface area contributed by atoms with Crippen LogP contribution in [0.2, 0.25) is 0 Å². The molecule has 122 valence electrons. The molecule has 0 aliphatic heterocycles. The van der Waals surface area contributed by atoms with Gasteiger partial charge in [0.1, 0.15) is 12.9 Å². The average molecular weight is 410 g/mol. The lowest BCUT2D eigenvalue weighted by Gasteiger charge is -2.11. The monoisotopic (exact) mass is 410 g/mol. The zero-order valence-corrected chi connectivity index (χ0v) is 15.5. The van der Waals surface area contributed by atoms with Gasteiger partial charge in [-0.3, -0.25) is 0 Å². The number of aryl methyl sites for hydroxylation is 1. The number of rotatable bonds is 9. The summed E-state index contributed by atoms with van der Waals surface area (Å²) < 4.78 is 7.18. The summed E-state index contributed by atoms with van der Waals surface area (Å²) >= 11 is 0. The highest BCUT2D eigenvalue weighted by Gasteiger charge is 2.01. The first-order valence-electron chi connectivity index (χ1n) is 7.20.